The van der Waals surface area contributed by atoms with Crippen LogP contribution in [-0.2, 0) is 6.42 Å². The molecule has 15 heavy (non-hydrogen) atoms. The van der Waals surface area contributed by atoms with Crippen LogP contribution in [0.15, 0.2) is 22.9 Å². The molecule has 0 fully saturated rings. The smallest absolute Gasteiger partial charge is 0.258 e. The molecule has 0 radical (unpaired) electrons. The van der Waals surface area contributed by atoms with Crippen molar-refractivity contribution in [3.8, 4) is 11.5 Å². The van der Waals surface area contributed by atoms with Crippen molar-refractivity contribution in [2.75, 3.05) is 6.54 Å². The summed E-state index contributed by atoms with van der Waals surface area (Å²) >= 11 is 0. The SMILES string of the molecule is Cc1cc(-c2nc(CCN)no2)ccn1. The zero-order chi connectivity index (χ0) is 10.7. The topological polar surface area (TPSA) is 77.8 Å². The Balaban J connectivity index is 2.29. The van der Waals surface area contributed by atoms with Crippen LogP contribution in [0.3, 0.4) is 0 Å². The Labute approximate surface area is 87.3 Å². The van der Waals surface area contributed by atoms with Crippen molar-refractivity contribution in [2.24, 2.45) is 5.73 Å². The Kier molecular flexibility index (Phi) is 2.73. The lowest BCUT2D eigenvalue weighted by Gasteiger charge is -1.94. The second kappa shape index (κ2) is 4.18. The monoisotopic (exact) mass is 204 g/mol. The van der Waals surface area contributed by atoms with Gasteiger partial charge in [-0.15, -0.1) is 0 Å². The molecule has 2 aromatic heterocycles. The lowest BCUT2D eigenvalue weighted by atomic mass is 10.2. The van der Waals surface area contributed by atoms with Gasteiger partial charge in [-0.1, -0.05) is 5.16 Å². The molecule has 2 heterocycles. The Morgan fingerprint density at radius 2 is 2.33 bits per heavy atom. The van der Waals surface area contributed by atoms with Gasteiger partial charge >= 0.3 is 0 Å². The van der Waals surface area contributed by atoms with Gasteiger partial charge in [0.05, 0.1) is 0 Å². The van der Waals surface area contributed by atoms with Gasteiger partial charge in [-0.25, -0.2) is 0 Å². The summed E-state index contributed by atoms with van der Waals surface area (Å²) in [6.45, 7) is 2.44. The third kappa shape index (κ3) is 2.19. The predicted octanol–water partition coefficient (Wildman–Crippen LogP) is 0.941. The van der Waals surface area contributed by atoms with Crippen molar-refractivity contribution in [1.29, 1.82) is 0 Å². The van der Waals surface area contributed by atoms with E-state index in [-0.39, 0.29) is 0 Å². The molecule has 0 amide bonds. The van der Waals surface area contributed by atoms with E-state index >= 15 is 0 Å². The van der Waals surface area contributed by atoms with Gasteiger partial charge in [-0.3, -0.25) is 4.98 Å². The molecular weight excluding hydrogens is 192 g/mol. The molecule has 0 aliphatic heterocycles. The number of nitrogens with zero attached hydrogens (tertiary/aromatic N) is 3. The van der Waals surface area contributed by atoms with E-state index in [0.717, 1.165) is 11.3 Å². The van der Waals surface area contributed by atoms with E-state index in [1.165, 1.54) is 0 Å². The highest BCUT2D eigenvalue weighted by Gasteiger charge is 2.07. The third-order valence-corrected chi connectivity index (χ3v) is 1.98. The number of hydrogen-bond donors (Lipinski definition) is 1. The number of nitrogens with two attached hydrogens (primary N) is 1. The van der Waals surface area contributed by atoms with Gasteiger partial charge in [-0.2, -0.15) is 4.98 Å². The van der Waals surface area contributed by atoms with E-state index in [0.29, 0.717) is 24.7 Å². The minimum absolute atomic E-state index is 0.518. The number of pyridine rings is 1. The Morgan fingerprint density at radius 1 is 1.47 bits per heavy atom. The maximum atomic E-state index is 5.40. The molecule has 0 atom stereocenters. The molecule has 2 aromatic rings. The number of hydrogen-bond acceptors (Lipinski definition) is 5. The van der Waals surface area contributed by atoms with Crippen LogP contribution >= 0.6 is 0 Å². The van der Waals surface area contributed by atoms with Crippen LogP contribution in [-0.4, -0.2) is 21.7 Å². The van der Waals surface area contributed by atoms with Crippen LogP contribution in [0.2, 0.25) is 0 Å². The van der Waals surface area contributed by atoms with Crippen LogP contribution in [0.5, 0.6) is 0 Å². The first kappa shape index (κ1) is 9.79. The number of rotatable bonds is 3. The van der Waals surface area contributed by atoms with E-state index in [2.05, 4.69) is 15.1 Å². The first-order valence-electron chi connectivity index (χ1n) is 4.75. The second-order valence-corrected chi connectivity index (χ2v) is 3.24. The van der Waals surface area contributed by atoms with Gasteiger partial charge in [0.15, 0.2) is 5.82 Å². The predicted molar refractivity (Wildman–Crippen MR) is 55.0 cm³/mol. The van der Waals surface area contributed by atoms with Crippen molar-refractivity contribution in [3.05, 3.63) is 29.8 Å². The lowest BCUT2D eigenvalue weighted by Crippen LogP contribution is -2.03. The summed E-state index contributed by atoms with van der Waals surface area (Å²) in [5, 5.41) is 3.83. The summed E-state index contributed by atoms with van der Waals surface area (Å²) < 4.78 is 5.11. The fraction of sp³-hybridized carbons (Fsp3) is 0.300. The van der Waals surface area contributed by atoms with Crippen LogP contribution < -0.4 is 5.73 Å². The van der Waals surface area contributed by atoms with Gasteiger partial charge in [0.2, 0.25) is 0 Å². The zero-order valence-electron chi connectivity index (χ0n) is 8.47. The van der Waals surface area contributed by atoms with Crippen molar-refractivity contribution in [3.63, 3.8) is 0 Å². The molecule has 2 N–H and O–H groups in total. The number of aryl methyl sites for hydroxylation is 1. The number of aromatic nitrogens is 3. The van der Waals surface area contributed by atoms with Gasteiger partial charge in [0, 0.05) is 23.9 Å². The van der Waals surface area contributed by atoms with Gasteiger partial charge in [0.1, 0.15) is 0 Å². The second-order valence-electron chi connectivity index (χ2n) is 3.24. The molecule has 0 aliphatic rings. The zero-order valence-corrected chi connectivity index (χ0v) is 8.47. The average Bonchev–Trinajstić information content (AvgIpc) is 2.67. The van der Waals surface area contributed by atoms with Crippen molar-refractivity contribution >= 4 is 0 Å². The molecule has 0 aromatic carbocycles. The summed E-state index contributed by atoms with van der Waals surface area (Å²) in [4.78, 5) is 8.32. The third-order valence-electron chi connectivity index (χ3n) is 1.98. The Bertz CT molecular complexity index is 452. The molecule has 0 aliphatic carbocycles. The quantitative estimate of drug-likeness (QED) is 0.805. The van der Waals surface area contributed by atoms with E-state index in [1.54, 1.807) is 6.20 Å². The molecule has 2 rings (SSSR count). The van der Waals surface area contributed by atoms with Crippen LogP contribution in [0.25, 0.3) is 11.5 Å². The van der Waals surface area contributed by atoms with Crippen molar-refractivity contribution in [2.45, 2.75) is 13.3 Å². The average molecular weight is 204 g/mol. The lowest BCUT2D eigenvalue weighted by molar-refractivity contribution is 0.422. The fourth-order valence-corrected chi connectivity index (χ4v) is 1.28. The molecule has 0 saturated carbocycles. The van der Waals surface area contributed by atoms with Gasteiger partial charge in [-0.05, 0) is 25.6 Å². The molecule has 0 saturated heterocycles. The highest BCUT2D eigenvalue weighted by atomic mass is 16.5. The minimum Gasteiger partial charge on any atom is -0.334 e. The van der Waals surface area contributed by atoms with Crippen LogP contribution in [0, 0.1) is 6.92 Å². The Morgan fingerprint density at radius 3 is 3.07 bits per heavy atom. The molecule has 5 nitrogen and oxygen atoms in total. The first-order valence-corrected chi connectivity index (χ1v) is 4.75. The van der Waals surface area contributed by atoms with Crippen LogP contribution in [0.1, 0.15) is 11.5 Å². The molecular formula is C10H12N4O. The molecule has 0 bridgehead atoms. The normalized spacial score (nSPS) is 10.5. The van der Waals surface area contributed by atoms with Gasteiger partial charge < -0.3 is 10.3 Å². The summed E-state index contributed by atoms with van der Waals surface area (Å²) in [6.07, 6.45) is 2.35. The van der Waals surface area contributed by atoms with Gasteiger partial charge in [0.25, 0.3) is 5.89 Å². The fourth-order valence-electron chi connectivity index (χ4n) is 1.28. The maximum Gasteiger partial charge on any atom is 0.258 e. The standard InChI is InChI=1S/C10H12N4O/c1-7-6-8(3-5-12-7)10-13-9(2-4-11)14-15-10/h3,5-6H,2,4,11H2,1H3. The van der Waals surface area contributed by atoms with E-state index in [4.69, 9.17) is 10.3 Å². The largest absolute Gasteiger partial charge is 0.334 e. The van der Waals surface area contributed by atoms with Crippen molar-refractivity contribution in [1.82, 2.24) is 15.1 Å². The molecule has 78 valence electrons. The molecule has 5 heteroatoms. The molecule has 0 unspecified atom stereocenters. The Hall–Kier alpha value is -1.75. The van der Waals surface area contributed by atoms with E-state index < -0.39 is 0 Å². The van der Waals surface area contributed by atoms with E-state index in [1.807, 2.05) is 19.1 Å². The van der Waals surface area contributed by atoms with Crippen molar-refractivity contribution < 1.29 is 4.52 Å². The summed E-state index contributed by atoms with van der Waals surface area (Å²) in [6, 6.07) is 3.74. The summed E-state index contributed by atoms with van der Waals surface area (Å²) in [5.74, 6) is 1.16. The maximum absolute atomic E-state index is 5.40. The highest BCUT2D eigenvalue weighted by molar-refractivity contribution is 5.52. The van der Waals surface area contributed by atoms with E-state index in [9.17, 15) is 0 Å². The highest BCUT2D eigenvalue weighted by Crippen LogP contribution is 2.16. The summed E-state index contributed by atoms with van der Waals surface area (Å²) in [7, 11) is 0. The minimum atomic E-state index is 0.518. The summed E-state index contributed by atoms with van der Waals surface area (Å²) in [5.41, 5.74) is 7.21. The molecule has 0 spiro atoms. The van der Waals surface area contributed by atoms with Crippen LogP contribution in [0.4, 0.5) is 0 Å². The first-order chi connectivity index (χ1) is 7.29.